The van der Waals surface area contributed by atoms with E-state index in [4.69, 9.17) is 33.4 Å². The van der Waals surface area contributed by atoms with Crippen LogP contribution in [0.2, 0.25) is 10.0 Å². The van der Waals surface area contributed by atoms with E-state index in [-0.39, 0.29) is 40.3 Å². The summed E-state index contributed by atoms with van der Waals surface area (Å²) in [6.45, 7) is 3.43. The van der Waals surface area contributed by atoms with Gasteiger partial charge in [-0.25, -0.2) is 0 Å². The standard InChI is InChI=1S/C27H22Cl2N2O4/c1-3-23(32)31-27(34)14(2)15-5-4-6-16(11-15)17-7-9-20-22(12-17)35-26(24(20)30)25(33)19-10-8-18(28)13-21(19)29/h4-14H,3,30H2,1-2H3,(H,31,32,34). The molecular weight excluding hydrogens is 487 g/mol. The average Bonchev–Trinajstić information content (AvgIpc) is 3.18. The number of hydrogen-bond donors (Lipinski definition) is 2. The number of rotatable bonds is 6. The lowest BCUT2D eigenvalue weighted by atomic mass is 9.95. The quantitative estimate of drug-likeness (QED) is 0.294. The van der Waals surface area contributed by atoms with Crippen molar-refractivity contribution in [3.8, 4) is 11.1 Å². The SMILES string of the molecule is CCC(=O)NC(=O)C(C)c1cccc(-c2ccc3c(N)c(C(=O)c4ccc(Cl)cc4Cl)oc3c2)c1. The fraction of sp³-hybridized carbons (Fsp3) is 0.148. The Morgan fingerprint density at radius 1 is 1.00 bits per heavy atom. The largest absolute Gasteiger partial charge is 0.450 e. The molecule has 0 aliphatic heterocycles. The van der Waals surface area contributed by atoms with Gasteiger partial charge in [0.2, 0.25) is 17.6 Å². The van der Waals surface area contributed by atoms with E-state index in [1.54, 1.807) is 32.0 Å². The maximum Gasteiger partial charge on any atom is 0.233 e. The molecule has 0 saturated heterocycles. The molecule has 3 aromatic carbocycles. The van der Waals surface area contributed by atoms with Gasteiger partial charge in [0.25, 0.3) is 0 Å². The molecule has 6 nitrogen and oxygen atoms in total. The normalized spacial score (nSPS) is 11.9. The molecule has 178 valence electrons. The summed E-state index contributed by atoms with van der Waals surface area (Å²) in [5.41, 5.74) is 9.56. The van der Waals surface area contributed by atoms with Gasteiger partial charge in [0.15, 0.2) is 5.76 Å². The van der Waals surface area contributed by atoms with Gasteiger partial charge in [-0.3, -0.25) is 19.7 Å². The minimum atomic E-state index is -0.512. The summed E-state index contributed by atoms with van der Waals surface area (Å²) < 4.78 is 5.87. The number of benzene rings is 3. The number of nitrogens with two attached hydrogens (primary N) is 1. The number of furan rings is 1. The maximum absolute atomic E-state index is 13.0. The van der Waals surface area contributed by atoms with Gasteiger partial charge < -0.3 is 10.2 Å². The molecule has 0 fully saturated rings. The molecule has 1 atom stereocenters. The summed E-state index contributed by atoms with van der Waals surface area (Å²) in [6.07, 6.45) is 0.236. The van der Waals surface area contributed by atoms with Crippen molar-refractivity contribution >= 4 is 57.5 Å². The number of carbonyl (C=O) groups is 3. The molecule has 1 heterocycles. The van der Waals surface area contributed by atoms with Crippen LogP contribution in [0.5, 0.6) is 0 Å². The van der Waals surface area contributed by atoms with E-state index in [0.29, 0.717) is 16.0 Å². The van der Waals surface area contributed by atoms with Crippen LogP contribution in [0.15, 0.2) is 65.1 Å². The van der Waals surface area contributed by atoms with Gasteiger partial charge in [-0.2, -0.15) is 0 Å². The summed E-state index contributed by atoms with van der Waals surface area (Å²) in [4.78, 5) is 37.0. The highest BCUT2D eigenvalue weighted by atomic mass is 35.5. The second kappa shape index (κ2) is 9.94. The first-order valence-electron chi connectivity index (χ1n) is 11.0. The zero-order valence-electron chi connectivity index (χ0n) is 19.0. The number of nitrogens with one attached hydrogen (secondary N) is 1. The number of anilines is 1. The van der Waals surface area contributed by atoms with Crippen LogP contribution in [0.25, 0.3) is 22.1 Å². The van der Waals surface area contributed by atoms with E-state index in [9.17, 15) is 14.4 Å². The minimum absolute atomic E-state index is 0.000933. The molecule has 1 aromatic heterocycles. The molecule has 0 radical (unpaired) electrons. The fourth-order valence-corrected chi connectivity index (χ4v) is 4.23. The number of nitrogen functional groups attached to an aromatic ring is 1. The van der Waals surface area contributed by atoms with Gasteiger partial charge in [-0.15, -0.1) is 0 Å². The monoisotopic (exact) mass is 508 g/mol. The Kier molecular flexibility index (Phi) is 6.96. The third-order valence-electron chi connectivity index (χ3n) is 5.81. The molecule has 0 spiro atoms. The second-order valence-corrected chi connectivity index (χ2v) is 8.97. The highest BCUT2D eigenvalue weighted by Crippen LogP contribution is 2.35. The lowest BCUT2D eigenvalue weighted by molar-refractivity contribution is -0.130. The zero-order valence-corrected chi connectivity index (χ0v) is 20.5. The van der Waals surface area contributed by atoms with Crippen molar-refractivity contribution in [2.75, 3.05) is 5.73 Å². The molecule has 0 aliphatic carbocycles. The van der Waals surface area contributed by atoms with E-state index < -0.39 is 11.7 Å². The maximum atomic E-state index is 13.0. The highest BCUT2D eigenvalue weighted by Gasteiger charge is 2.23. The van der Waals surface area contributed by atoms with Crippen LogP contribution in [0, 0.1) is 0 Å². The van der Waals surface area contributed by atoms with Crippen molar-refractivity contribution in [1.29, 1.82) is 0 Å². The van der Waals surface area contributed by atoms with E-state index in [0.717, 1.165) is 16.7 Å². The summed E-state index contributed by atoms with van der Waals surface area (Å²) in [6, 6.07) is 17.5. The minimum Gasteiger partial charge on any atom is -0.450 e. The fourth-order valence-electron chi connectivity index (χ4n) is 3.73. The van der Waals surface area contributed by atoms with Crippen molar-refractivity contribution in [2.45, 2.75) is 26.2 Å². The van der Waals surface area contributed by atoms with E-state index in [2.05, 4.69) is 5.32 Å². The van der Waals surface area contributed by atoms with Crippen LogP contribution in [0.1, 0.15) is 47.9 Å². The lowest BCUT2D eigenvalue weighted by Gasteiger charge is -2.13. The predicted molar refractivity (Wildman–Crippen MR) is 138 cm³/mol. The molecule has 0 aliphatic rings. The molecule has 1 unspecified atom stereocenters. The molecule has 2 amide bonds. The predicted octanol–water partition coefficient (Wildman–Crippen LogP) is 6.38. The number of carbonyl (C=O) groups excluding carboxylic acids is 3. The summed E-state index contributed by atoms with van der Waals surface area (Å²) in [5, 5.41) is 3.62. The van der Waals surface area contributed by atoms with E-state index in [1.165, 1.54) is 12.1 Å². The molecule has 3 N–H and O–H groups in total. The van der Waals surface area contributed by atoms with E-state index in [1.807, 2.05) is 30.3 Å². The lowest BCUT2D eigenvalue weighted by Crippen LogP contribution is -2.33. The highest BCUT2D eigenvalue weighted by molar-refractivity contribution is 6.37. The Bertz CT molecular complexity index is 1480. The third kappa shape index (κ3) is 4.94. The zero-order chi connectivity index (χ0) is 25.3. The first-order valence-corrected chi connectivity index (χ1v) is 11.7. The van der Waals surface area contributed by atoms with E-state index >= 15 is 0 Å². The molecule has 0 saturated carbocycles. The van der Waals surface area contributed by atoms with Gasteiger partial charge in [-0.1, -0.05) is 60.5 Å². The average molecular weight is 509 g/mol. The number of amides is 2. The summed E-state index contributed by atoms with van der Waals surface area (Å²) >= 11 is 12.1. The molecule has 4 aromatic rings. The van der Waals surface area contributed by atoms with Gasteiger partial charge in [-0.05, 0) is 53.9 Å². The molecular formula is C27H22Cl2N2O4. The van der Waals surface area contributed by atoms with Crippen molar-refractivity contribution in [3.05, 3.63) is 87.6 Å². The number of halogens is 2. The summed E-state index contributed by atoms with van der Waals surface area (Å²) in [5.74, 6) is -1.62. The first-order chi connectivity index (χ1) is 16.7. The Morgan fingerprint density at radius 2 is 1.74 bits per heavy atom. The smallest absolute Gasteiger partial charge is 0.233 e. The van der Waals surface area contributed by atoms with Gasteiger partial charge in [0.05, 0.1) is 16.6 Å². The van der Waals surface area contributed by atoms with Gasteiger partial charge in [0.1, 0.15) is 5.58 Å². The Labute approximate surface area is 212 Å². The van der Waals surface area contributed by atoms with Crippen molar-refractivity contribution in [1.82, 2.24) is 5.32 Å². The van der Waals surface area contributed by atoms with Crippen LogP contribution in [-0.4, -0.2) is 17.6 Å². The van der Waals surface area contributed by atoms with Crippen LogP contribution >= 0.6 is 23.2 Å². The number of imide groups is 1. The Morgan fingerprint density at radius 3 is 2.46 bits per heavy atom. The topological polar surface area (TPSA) is 102 Å². The molecule has 35 heavy (non-hydrogen) atoms. The number of ketones is 1. The Balaban J connectivity index is 1.67. The molecule has 8 heteroatoms. The van der Waals surface area contributed by atoms with Gasteiger partial charge in [0, 0.05) is 22.4 Å². The van der Waals surface area contributed by atoms with Crippen LogP contribution in [-0.2, 0) is 9.59 Å². The number of hydrogen-bond acceptors (Lipinski definition) is 5. The first kappa shape index (κ1) is 24.5. The summed E-state index contributed by atoms with van der Waals surface area (Å²) in [7, 11) is 0. The molecule has 0 bridgehead atoms. The molecule has 4 rings (SSSR count). The van der Waals surface area contributed by atoms with Crippen molar-refractivity contribution < 1.29 is 18.8 Å². The number of fused-ring (bicyclic) bond motifs is 1. The van der Waals surface area contributed by atoms with Crippen LogP contribution in [0.3, 0.4) is 0 Å². The third-order valence-corrected chi connectivity index (χ3v) is 6.36. The van der Waals surface area contributed by atoms with Crippen LogP contribution in [0.4, 0.5) is 5.69 Å². The van der Waals surface area contributed by atoms with Crippen molar-refractivity contribution in [3.63, 3.8) is 0 Å². The second-order valence-electron chi connectivity index (χ2n) is 8.12. The van der Waals surface area contributed by atoms with Crippen LogP contribution < -0.4 is 11.1 Å². The Hall–Kier alpha value is -3.61. The van der Waals surface area contributed by atoms with Crippen molar-refractivity contribution in [2.24, 2.45) is 0 Å². The van der Waals surface area contributed by atoms with Gasteiger partial charge >= 0.3 is 0 Å².